The van der Waals surface area contributed by atoms with E-state index in [0.29, 0.717) is 10.4 Å². The number of ether oxygens (including phenoxy) is 1. The molecule has 1 saturated heterocycles. The molecule has 2 fully saturated rings. The van der Waals surface area contributed by atoms with Gasteiger partial charge >= 0.3 is 0 Å². The average Bonchev–Trinajstić information content (AvgIpc) is 2.83. The highest BCUT2D eigenvalue weighted by atomic mass is 32.2. The summed E-state index contributed by atoms with van der Waals surface area (Å²) in [6, 6.07) is 0. The average molecular weight is 256 g/mol. The summed E-state index contributed by atoms with van der Waals surface area (Å²) in [4.78, 5) is 12.4. The first-order valence-electron chi connectivity index (χ1n) is 5.99. The Labute approximate surface area is 105 Å². The fourth-order valence-electron chi connectivity index (χ4n) is 2.70. The molecule has 1 aliphatic carbocycles. The summed E-state index contributed by atoms with van der Waals surface area (Å²) in [5.74, 6) is 2.86. The van der Waals surface area contributed by atoms with Gasteiger partial charge in [-0.05, 0) is 19.3 Å². The predicted molar refractivity (Wildman–Crippen MR) is 68.6 cm³/mol. The van der Waals surface area contributed by atoms with Gasteiger partial charge in [0, 0.05) is 11.5 Å². The summed E-state index contributed by atoms with van der Waals surface area (Å²) >= 11 is 3.77. The summed E-state index contributed by atoms with van der Waals surface area (Å²) in [6.45, 7) is 0. The Bertz CT molecular complexity index is 321. The van der Waals surface area contributed by atoms with Crippen molar-refractivity contribution in [1.29, 1.82) is 0 Å². The lowest BCUT2D eigenvalue weighted by atomic mass is 9.80. The van der Waals surface area contributed by atoms with Crippen LogP contribution in [-0.2, 0) is 9.53 Å². The number of ketones is 1. The van der Waals surface area contributed by atoms with Crippen LogP contribution in [0, 0.1) is 5.92 Å². The van der Waals surface area contributed by atoms with Gasteiger partial charge in [0.1, 0.15) is 6.10 Å². The van der Waals surface area contributed by atoms with Crippen molar-refractivity contribution >= 4 is 29.3 Å². The molecule has 3 aliphatic rings. The lowest BCUT2D eigenvalue weighted by Crippen LogP contribution is -2.38. The molecule has 2 nitrogen and oxygen atoms in total. The van der Waals surface area contributed by atoms with Gasteiger partial charge < -0.3 is 4.74 Å². The van der Waals surface area contributed by atoms with Gasteiger partial charge in [0.25, 0.3) is 0 Å². The van der Waals surface area contributed by atoms with Crippen molar-refractivity contribution in [2.24, 2.45) is 5.92 Å². The van der Waals surface area contributed by atoms with Gasteiger partial charge in [0.05, 0.1) is 22.3 Å². The van der Waals surface area contributed by atoms with E-state index in [4.69, 9.17) is 4.74 Å². The number of hydrogen-bond acceptors (Lipinski definition) is 4. The summed E-state index contributed by atoms with van der Waals surface area (Å²) in [5, 5.41) is 0. The van der Waals surface area contributed by atoms with Gasteiger partial charge in [-0.3, -0.25) is 4.79 Å². The molecule has 16 heavy (non-hydrogen) atoms. The van der Waals surface area contributed by atoms with Crippen LogP contribution in [0.4, 0.5) is 0 Å². The second-order valence-corrected chi connectivity index (χ2v) is 7.30. The summed E-state index contributed by atoms with van der Waals surface area (Å²) in [6.07, 6.45) is 6.44. The number of carbonyl (C=O) groups is 1. The van der Waals surface area contributed by atoms with Crippen LogP contribution in [-0.4, -0.2) is 28.0 Å². The lowest BCUT2D eigenvalue weighted by Gasteiger charge is -2.34. The van der Waals surface area contributed by atoms with Crippen LogP contribution >= 0.6 is 23.5 Å². The second kappa shape index (κ2) is 4.65. The monoisotopic (exact) mass is 256 g/mol. The maximum absolute atomic E-state index is 12.4. The van der Waals surface area contributed by atoms with Crippen LogP contribution in [0.3, 0.4) is 0 Å². The van der Waals surface area contributed by atoms with Crippen molar-refractivity contribution in [1.82, 2.24) is 0 Å². The molecular formula is C12H16O2S2. The van der Waals surface area contributed by atoms with Crippen LogP contribution < -0.4 is 0 Å². The van der Waals surface area contributed by atoms with Crippen molar-refractivity contribution in [2.45, 2.75) is 36.4 Å². The highest BCUT2D eigenvalue weighted by Crippen LogP contribution is 2.42. The number of Topliss-reactive ketones (excluding diaryl/α,β-unsaturated/α-hetero) is 1. The number of carbonyl (C=O) groups excluding carboxylic acids is 1. The fraction of sp³-hybridized carbons (Fsp3) is 0.750. The molecule has 3 rings (SSSR count). The third-order valence-corrected chi connectivity index (χ3v) is 6.64. The molecule has 0 aromatic heterocycles. The zero-order valence-corrected chi connectivity index (χ0v) is 10.8. The maximum atomic E-state index is 12.4. The topological polar surface area (TPSA) is 26.3 Å². The molecule has 0 radical (unpaired) electrons. The Balaban J connectivity index is 1.79. The first kappa shape index (κ1) is 11.0. The van der Waals surface area contributed by atoms with Crippen LogP contribution in [0.2, 0.25) is 0 Å². The normalized spacial score (nSPS) is 35.5. The quantitative estimate of drug-likeness (QED) is 0.720. The Hall–Kier alpha value is -0.0900. The molecule has 2 heterocycles. The van der Waals surface area contributed by atoms with E-state index in [1.165, 1.54) is 12.8 Å². The molecule has 0 bridgehead atoms. The lowest BCUT2D eigenvalue weighted by molar-refractivity contribution is -0.126. The molecule has 2 aliphatic heterocycles. The summed E-state index contributed by atoms with van der Waals surface area (Å²) in [7, 11) is 0. The van der Waals surface area contributed by atoms with Gasteiger partial charge in [-0.15, -0.1) is 23.5 Å². The van der Waals surface area contributed by atoms with Crippen molar-refractivity contribution in [2.75, 3.05) is 11.5 Å². The number of thioether (sulfide) groups is 2. The maximum Gasteiger partial charge on any atom is 0.170 e. The summed E-state index contributed by atoms with van der Waals surface area (Å²) in [5.41, 5.74) is 0.940. The Morgan fingerprint density at radius 3 is 2.75 bits per heavy atom. The predicted octanol–water partition coefficient (Wildman–Crippen LogP) is 2.83. The third-order valence-electron chi connectivity index (χ3n) is 3.57. The van der Waals surface area contributed by atoms with Crippen molar-refractivity contribution < 1.29 is 9.53 Å². The van der Waals surface area contributed by atoms with Gasteiger partial charge in [0.15, 0.2) is 5.78 Å². The molecule has 1 saturated carbocycles. The molecule has 2 atom stereocenters. The smallest absolute Gasteiger partial charge is 0.170 e. The summed E-state index contributed by atoms with van der Waals surface area (Å²) < 4.78 is 6.11. The molecule has 0 amide bonds. The number of fused-ring (bicyclic) bond motifs is 1. The molecule has 0 spiro atoms. The van der Waals surface area contributed by atoms with E-state index in [2.05, 4.69) is 0 Å². The minimum Gasteiger partial charge on any atom is -0.497 e. The molecule has 4 heteroatoms. The van der Waals surface area contributed by atoms with E-state index < -0.39 is 0 Å². The third kappa shape index (κ3) is 1.90. The SMILES string of the molecule is O=C1C(C2SCCS2)=COC2CCCCC12. The van der Waals surface area contributed by atoms with Crippen LogP contribution in [0.1, 0.15) is 25.7 Å². The van der Waals surface area contributed by atoms with E-state index in [9.17, 15) is 4.79 Å². The Kier molecular flexibility index (Phi) is 3.20. The van der Waals surface area contributed by atoms with Crippen LogP contribution in [0.25, 0.3) is 0 Å². The second-order valence-electron chi connectivity index (χ2n) is 4.58. The minimum atomic E-state index is 0.163. The zero-order valence-electron chi connectivity index (χ0n) is 9.19. The van der Waals surface area contributed by atoms with Gasteiger partial charge in [-0.1, -0.05) is 6.42 Å². The molecule has 0 aromatic carbocycles. The highest BCUT2D eigenvalue weighted by molar-refractivity contribution is 8.20. The van der Waals surface area contributed by atoms with E-state index in [1.807, 2.05) is 23.5 Å². The van der Waals surface area contributed by atoms with Crippen molar-refractivity contribution in [3.8, 4) is 0 Å². The first-order chi connectivity index (χ1) is 7.86. The minimum absolute atomic E-state index is 0.163. The van der Waals surface area contributed by atoms with E-state index in [-0.39, 0.29) is 12.0 Å². The highest BCUT2D eigenvalue weighted by Gasteiger charge is 2.40. The molecule has 0 aromatic rings. The van der Waals surface area contributed by atoms with Crippen molar-refractivity contribution in [3.63, 3.8) is 0 Å². The van der Waals surface area contributed by atoms with E-state index in [1.54, 1.807) is 6.26 Å². The van der Waals surface area contributed by atoms with Gasteiger partial charge in [-0.2, -0.15) is 0 Å². The fourth-order valence-corrected chi connectivity index (χ4v) is 5.56. The zero-order chi connectivity index (χ0) is 11.0. The standard InChI is InChI=1S/C12H16O2S2/c13-11-8-3-1-2-4-10(8)14-7-9(11)12-15-5-6-16-12/h7-8,10,12H,1-6H2. The largest absolute Gasteiger partial charge is 0.497 e. The number of rotatable bonds is 1. The molecular weight excluding hydrogens is 240 g/mol. The molecule has 0 N–H and O–H groups in total. The van der Waals surface area contributed by atoms with Gasteiger partial charge in [-0.25, -0.2) is 0 Å². The Morgan fingerprint density at radius 1 is 1.19 bits per heavy atom. The van der Waals surface area contributed by atoms with Crippen LogP contribution in [0.15, 0.2) is 11.8 Å². The van der Waals surface area contributed by atoms with E-state index >= 15 is 0 Å². The molecule has 2 unspecified atom stereocenters. The van der Waals surface area contributed by atoms with Crippen LogP contribution in [0.5, 0.6) is 0 Å². The van der Waals surface area contributed by atoms with E-state index in [0.717, 1.165) is 29.9 Å². The van der Waals surface area contributed by atoms with Crippen molar-refractivity contribution in [3.05, 3.63) is 11.8 Å². The first-order valence-corrected chi connectivity index (χ1v) is 8.09. The Morgan fingerprint density at radius 2 is 1.94 bits per heavy atom. The molecule has 88 valence electrons. The van der Waals surface area contributed by atoms with Gasteiger partial charge in [0.2, 0.25) is 0 Å². The number of hydrogen-bond donors (Lipinski definition) is 0.